The van der Waals surface area contributed by atoms with Crippen molar-refractivity contribution in [1.29, 1.82) is 0 Å². The number of hydrogen-bond donors (Lipinski definition) is 1. The summed E-state index contributed by atoms with van der Waals surface area (Å²) in [7, 11) is 0. The fourth-order valence-corrected chi connectivity index (χ4v) is 3.09. The van der Waals surface area contributed by atoms with Crippen molar-refractivity contribution in [3.05, 3.63) is 47.3 Å². The first-order valence-electron chi connectivity index (χ1n) is 9.54. The summed E-state index contributed by atoms with van der Waals surface area (Å²) < 4.78 is 43.2. The Balaban J connectivity index is 1.61. The second kappa shape index (κ2) is 8.33. The van der Waals surface area contributed by atoms with Crippen molar-refractivity contribution < 1.29 is 18.0 Å². The van der Waals surface area contributed by atoms with Crippen LogP contribution >= 0.6 is 0 Å². The van der Waals surface area contributed by atoms with E-state index < -0.39 is 17.8 Å². The Bertz CT molecular complexity index is 1030. The van der Waals surface area contributed by atoms with E-state index >= 15 is 0 Å². The Hall–Kier alpha value is -3.11. The number of carbonyl (C=O) groups is 1. The van der Waals surface area contributed by atoms with E-state index in [1.807, 2.05) is 18.5 Å². The fraction of sp³-hybridized carbons (Fsp3) is 0.474. The van der Waals surface area contributed by atoms with E-state index in [1.54, 1.807) is 24.0 Å². The molecule has 1 atom stereocenters. The number of amides is 1. The van der Waals surface area contributed by atoms with Crippen LogP contribution in [0.1, 0.15) is 36.5 Å². The first-order chi connectivity index (χ1) is 14.1. The molecule has 3 aromatic rings. The topological polar surface area (TPSA) is 82.6 Å². The lowest BCUT2D eigenvalue weighted by atomic mass is 10.1. The molecular weight excluding hydrogens is 399 g/mol. The second-order valence-electron chi connectivity index (χ2n) is 7.24. The number of carbonyl (C=O) groups excluding carboxylic acids is 1. The van der Waals surface area contributed by atoms with Gasteiger partial charge in [-0.15, -0.1) is 0 Å². The highest BCUT2D eigenvalue weighted by atomic mass is 19.4. The summed E-state index contributed by atoms with van der Waals surface area (Å²) in [5, 5.41) is 14.9. The Labute approximate surface area is 171 Å². The summed E-state index contributed by atoms with van der Waals surface area (Å²) in [5.41, 5.74) is 1.98. The molecule has 1 unspecified atom stereocenters. The molecule has 8 nitrogen and oxygen atoms in total. The molecule has 0 bridgehead atoms. The third-order valence-corrected chi connectivity index (χ3v) is 4.90. The zero-order valence-corrected chi connectivity index (χ0v) is 17.2. The average Bonchev–Trinajstić information content (AvgIpc) is 3.36. The molecule has 0 aliphatic carbocycles. The number of hydrogen-bond acceptors (Lipinski definition) is 4. The second-order valence-corrected chi connectivity index (χ2v) is 7.24. The van der Waals surface area contributed by atoms with E-state index in [0.29, 0.717) is 17.9 Å². The number of anilines is 1. The van der Waals surface area contributed by atoms with Gasteiger partial charge >= 0.3 is 6.18 Å². The highest BCUT2D eigenvalue weighted by molar-refractivity contribution is 5.91. The van der Waals surface area contributed by atoms with Crippen molar-refractivity contribution in [1.82, 2.24) is 29.3 Å². The lowest BCUT2D eigenvalue weighted by Crippen LogP contribution is -2.25. The SMILES string of the molecule is CCn1ncc(Cn2cc(NC(=O)C(C)Cn3nc(C(F)(F)F)cc3C)cn2)c1C. The van der Waals surface area contributed by atoms with Crippen LogP contribution in [0.2, 0.25) is 0 Å². The van der Waals surface area contributed by atoms with Crippen molar-refractivity contribution >= 4 is 11.6 Å². The van der Waals surface area contributed by atoms with Gasteiger partial charge in [-0.25, -0.2) is 0 Å². The highest BCUT2D eigenvalue weighted by Gasteiger charge is 2.34. The number of aromatic nitrogens is 6. The maximum absolute atomic E-state index is 12.8. The molecule has 30 heavy (non-hydrogen) atoms. The third kappa shape index (κ3) is 4.71. The Morgan fingerprint density at radius 1 is 1.20 bits per heavy atom. The summed E-state index contributed by atoms with van der Waals surface area (Å²) in [4.78, 5) is 12.5. The van der Waals surface area contributed by atoms with Gasteiger partial charge in [0.05, 0.1) is 37.1 Å². The minimum Gasteiger partial charge on any atom is -0.323 e. The number of rotatable bonds is 7. The largest absolute Gasteiger partial charge is 0.435 e. The van der Waals surface area contributed by atoms with Gasteiger partial charge in [-0.3, -0.25) is 18.8 Å². The lowest BCUT2D eigenvalue weighted by molar-refractivity contribution is -0.141. The third-order valence-electron chi connectivity index (χ3n) is 4.90. The molecule has 0 saturated carbocycles. The van der Waals surface area contributed by atoms with Crippen LogP contribution in [0.5, 0.6) is 0 Å². The van der Waals surface area contributed by atoms with Gasteiger partial charge < -0.3 is 5.32 Å². The molecule has 162 valence electrons. The maximum atomic E-state index is 12.8. The van der Waals surface area contributed by atoms with Crippen LogP contribution in [-0.2, 0) is 30.6 Å². The molecule has 1 amide bonds. The molecule has 3 aromatic heterocycles. The molecule has 0 aliphatic rings. The summed E-state index contributed by atoms with van der Waals surface area (Å²) in [5.74, 6) is -0.911. The molecule has 0 aliphatic heterocycles. The van der Waals surface area contributed by atoms with E-state index in [4.69, 9.17) is 0 Å². The molecule has 11 heteroatoms. The Kier molecular flexibility index (Phi) is 5.99. The molecule has 0 radical (unpaired) electrons. The minimum absolute atomic E-state index is 0.0390. The Morgan fingerprint density at radius 2 is 1.93 bits per heavy atom. The van der Waals surface area contributed by atoms with Crippen molar-refractivity contribution in [2.45, 2.75) is 53.5 Å². The Morgan fingerprint density at radius 3 is 2.53 bits per heavy atom. The van der Waals surface area contributed by atoms with Gasteiger partial charge in [-0.05, 0) is 26.8 Å². The number of nitrogens with zero attached hydrogens (tertiary/aromatic N) is 6. The van der Waals surface area contributed by atoms with Gasteiger partial charge in [0.2, 0.25) is 5.91 Å². The molecule has 3 heterocycles. The normalized spacial score (nSPS) is 12.9. The van der Waals surface area contributed by atoms with Crippen molar-refractivity contribution in [3.8, 4) is 0 Å². The van der Waals surface area contributed by atoms with Crippen molar-refractivity contribution in [2.24, 2.45) is 5.92 Å². The van der Waals surface area contributed by atoms with Gasteiger partial charge in [-0.2, -0.15) is 28.5 Å². The van der Waals surface area contributed by atoms with Crippen LogP contribution < -0.4 is 5.32 Å². The van der Waals surface area contributed by atoms with E-state index in [0.717, 1.165) is 23.9 Å². The predicted molar refractivity (Wildman–Crippen MR) is 104 cm³/mol. The number of alkyl halides is 3. The van der Waals surface area contributed by atoms with Crippen molar-refractivity contribution in [3.63, 3.8) is 0 Å². The summed E-state index contributed by atoms with van der Waals surface area (Å²) in [6.07, 6.45) is 0.518. The van der Waals surface area contributed by atoms with Crippen LogP contribution in [0.3, 0.4) is 0 Å². The predicted octanol–water partition coefficient (Wildman–Crippen LogP) is 3.25. The lowest BCUT2D eigenvalue weighted by Gasteiger charge is -2.12. The molecule has 0 aromatic carbocycles. The van der Waals surface area contributed by atoms with Crippen LogP contribution in [-0.4, -0.2) is 35.2 Å². The molecule has 0 fully saturated rings. The number of aryl methyl sites for hydroxylation is 2. The molecular formula is C19H24F3N7O. The summed E-state index contributed by atoms with van der Waals surface area (Å²) in [6, 6.07) is 0.970. The van der Waals surface area contributed by atoms with Crippen LogP contribution in [0, 0.1) is 19.8 Å². The number of halogens is 3. The first kappa shape index (κ1) is 21.6. The van der Waals surface area contributed by atoms with Gasteiger partial charge in [0.15, 0.2) is 5.69 Å². The quantitative estimate of drug-likeness (QED) is 0.632. The van der Waals surface area contributed by atoms with Gasteiger partial charge in [0.25, 0.3) is 0 Å². The van der Waals surface area contributed by atoms with Gasteiger partial charge in [0.1, 0.15) is 0 Å². The maximum Gasteiger partial charge on any atom is 0.435 e. The molecule has 1 N–H and O–H groups in total. The molecule has 3 rings (SSSR count). The average molecular weight is 423 g/mol. The van der Waals surface area contributed by atoms with E-state index in [9.17, 15) is 18.0 Å². The molecule has 0 saturated heterocycles. The first-order valence-corrected chi connectivity index (χ1v) is 9.54. The fourth-order valence-electron chi connectivity index (χ4n) is 3.09. The minimum atomic E-state index is -4.51. The van der Waals surface area contributed by atoms with E-state index in [2.05, 4.69) is 20.6 Å². The zero-order chi connectivity index (χ0) is 22.1. The van der Waals surface area contributed by atoms with Crippen molar-refractivity contribution in [2.75, 3.05) is 5.32 Å². The van der Waals surface area contributed by atoms with Gasteiger partial charge in [-0.1, -0.05) is 6.92 Å². The zero-order valence-electron chi connectivity index (χ0n) is 17.2. The highest BCUT2D eigenvalue weighted by Crippen LogP contribution is 2.28. The van der Waals surface area contributed by atoms with E-state index in [-0.39, 0.29) is 12.5 Å². The standard InChI is InChI=1S/C19H24F3N7O/c1-5-28-14(4)15(7-24-28)10-27-11-16(8-23-27)25-18(30)12(2)9-29-13(3)6-17(26-29)19(20,21)22/h6-8,11-12H,5,9-10H2,1-4H3,(H,25,30). The van der Waals surface area contributed by atoms with Crippen LogP contribution in [0.15, 0.2) is 24.7 Å². The van der Waals surface area contributed by atoms with Crippen LogP contribution in [0.25, 0.3) is 0 Å². The van der Waals surface area contributed by atoms with Crippen LogP contribution in [0.4, 0.5) is 18.9 Å². The summed E-state index contributed by atoms with van der Waals surface area (Å²) >= 11 is 0. The molecule has 0 spiro atoms. The summed E-state index contributed by atoms with van der Waals surface area (Å²) in [6.45, 7) is 8.50. The van der Waals surface area contributed by atoms with E-state index in [1.165, 1.54) is 17.8 Å². The van der Waals surface area contributed by atoms with Gasteiger partial charge in [0, 0.05) is 29.7 Å². The number of nitrogens with one attached hydrogen (secondary N) is 1. The monoisotopic (exact) mass is 423 g/mol. The smallest absolute Gasteiger partial charge is 0.323 e.